The highest BCUT2D eigenvalue weighted by atomic mass is 16.5. The monoisotopic (exact) mass is 269 g/mol. The van der Waals surface area contributed by atoms with Gasteiger partial charge in [0.05, 0.1) is 12.6 Å². The Morgan fingerprint density at radius 2 is 1.89 bits per heavy atom. The number of nitrogens with one attached hydrogen (secondary N) is 2. The van der Waals surface area contributed by atoms with E-state index in [1.165, 1.54) is 6.42 Å². The Morgan fingerprint density at radius 1 is 1.11 bits per heavy atom. The molecule has 3 amide bonds. The number of amides is 3. The number of hydrogen-bond donors (Lipinski definition) is 2. The fraction of sp³-hybridized carbons (Fsp3) is 0.846. The average molecular weight is 269 g/mol. The van der Waals surface area contributed by atoms with Crippen LogP contribution in [0.4, 0.5) is 4.79 Å². The summed E-state index contributed by atoms with van der Waals surface area (Å²) in [6.07, 6.45) is 5.50. The summed E-state index contributed by atoms with van der Waals surface area (Å²) in [6.45, 7) is 3.01. The van der Waals surface area contributed by atoms with Crippen molar-refractivity contribution in [1.82, 2.24) is 15.5 Å². The van der Waals surface area contributed by atoms with Crippen molar-refractivity contribution in [3.05, 3.63) is 0 Å². The van der Waals surface area contributed by atoms with Crippen LogP contribution in [-0.4, -0.2) is 55.7 Å². The number of urea groups is 1. The quantitative estimate of drug-likeness (QED) is 0.779. The van der Waals surface area contributed by atoms with Crippen LogP contribution in [0.15, 0.2) is 0 Å². The summed E-state index contributed by atoms with van der Waals surface area (Å²) < 4.78 is 5.41. The van der Waals surface area contributed by atoms with E-state index in [9.17, 15) is 9.59 Å². The summed E-state index contributed by atoms with van der Waals surface area (Å²) in [4.78, 5) is 25.2. The van der Waals surface area contributed by atoms with E-state index in [0.29, 0.717) is 6.54 Å². The third-order valence-electron chi connectivity index (χ3n) is 3.62. The standard InChI is InChI=1S/C13H23N3O3/c17-12(16-6-2-1-3-7-16)10-15-13(18)14-9-11-5-4-8-19-11/h11H,1-10H2,(H2,14,15,18). The minimum Gasteiger partial charge on any atom is -0.376 e. The molecule has 2 aliphatic rings. The van der Waals surface area contributed by atoms with Gasteiger partial charge in [0, 0.05) is 26.2 Å². The van der Waals surface area contributed by atoms with Gasteiger partial charge in [-0.25, -0.2) is 4.79 Å². The second-order valence-corrected chi connectivity index (χ2v) is 5.14. The minimum absolute atomic E-state index is 0.00645. The van der Waals surface area contributed by atoms with E-state index in [0.717, 1.165) is 45.4 Å². The van der Waals surface area contributed by atoms with Crippen molar-refractivity contribution in [3.63, 3.8) is 0 Å². The van der Waals surface area contributed by atoms with Crippen LogP contribution in [0.5, 0.6) is 0 Å². The molecule has 108 valence electrons. The lowest BCUT2D eigenvalue weighted by Gasteiger charge is -2.26. The molecule has 1 unspecified atom stereocenters. The number of nitrogens with zero attached hydrogens (tertiary/aromatic N) is 1. The fourth-order valence-corrected chi connectivity index (χ4v) is 2.49. The van der Waals surface area contributed by atoms with E-state index in [1.54, 1.807) is 0 Å². The number of carbonyl (C=O) groups is 2. The van der Waals surface area contributed by atoms with E-state index in [2.05, 4.69) is 10.6 Å². The first-order valence-electron chi connectivity index (χ1n) is 7.17. The van der Waals surface area contributed by atoms with E-state index in [-0.39, 0.29) is 24.6 Å². The van der Waals surface area contributed by atoms with E-state index in [1.807, 2.05) is 4.90 Å². The average Bonchev–Trinajstić information content (AvgIpc) is 2.96. The molecule has 2 rings (SSSR count). The maximum Gasteiger partial charge on any atom is 0.315 e. The zero-order valence-corrected chi connectivity index (χ0v) is 11.3. The summed E-state index contributed by atoms with van der Waals surface area (Å²) in [6, 6.07) is -0.291. The zero-order chi connectivity index (χ0) is 13.5. The van der Waals surface area contributed by atoms with Crippen molar-refractivity contribution in [3.8, 4) is 0 Å². The van der Waals surface area contributed by atoms with Gasteiger partial charge in [-0.3, -0.25) is 4.79 Å². The van der Waals surface area contributed by atoms with Crippen LogP contribution in [0.3, 0.4) is 0 Å². The molecule has 0 aromatic heterocycles. The summed E-state index contributed by atoms with van der Waals surface area (Å²) in [5.74, 6) is 0.00645. The molecule has 0 aromatic rings. The molecule has 19 heavy (non-hydrogen) atoms. The number of piperidine rings is 1. The minimum atomic E-state index is -0.291. The second-order valence-electron chi connectivity index (χ2n) is 5.14. The summed E-state index contributed by atoms with van der Waals surface area (Å²) in [5, 5.41) is 5.34. The predicted octanol–water partition coefficient (Wildman–Crippen LogP) is 0.477. The Bertz CT molecular complexity index is 310. The smallest absolute Gasteiger partial charge is 0.315 e. The van der Waals surface area contributed by atoms with Gasteiger partial charge >= 0.3 is 6.03 Å². The Kier molecular flexibility index (Phi) is 5.44. The Hall–Kier alpha value is -1.30. The summed E-state index contributed by atoms with van der Waals surface area (Å²) >= 11 is 0. The lowest BCUT2D eigenvalue weighted by Crippen LogP contribution is -2.46. The molecular weight excluding hydrogens is 246 g/mol. The summed E-state index contributed by atoms with van der Waals surface area (Å²) in [7, 11) is 0. The van der Waals surface area contributed by atoms with Crippen LogP contribution >= 0.6 is 0 Å². The second kappa shape index (κ2) is 7.33. The van der Waals surface area contributed by atoms with Crippen molar-refractivity contribution in [2.24, 2.45) is 0 Å². The molecule has 2 heterocycles. The van der Waals surface area contributed by atoms with Gasteiger partial charge < -0.3 is 20.3 Å². The molecule has 2 aliphatic heterocycles. The van der Waals surface area contributed by atoms with Crippen molar-refractivity contribution in [2.75, 3.05) is 32.8 Å². The summed E-state index contributed by atoms with van der Waals surface area (Å²) in [5.41, 5.74) is 0. The zero-order valence-electron chi connectivity index (χ0n) is 11.3. The van der Waals surface area contributed by atoms with Crippen LogP contribution in [0.2, 0.25) is 0 Å². The molecule has 0 spiro atoms. The van der Waals surface area contributed by atoms with Gasteiger partial charge in [0.25, 0.3) is 0 Å². The van der Waals surface area contributed by atoms with Crippen LogP contribution in [-0.2, 0) is 9.53 Å². The number of ether oxygens (including phenoxy) is 1. The first-order valence-corrected chi connectivity index (χ1v) is 7.17. The largest absolute Gasteiger partial charge is 0.376 e. The van der Waals surface area contributed by atoms with Crippen molar-refractivity contribution >= 4 is 11.9 Å². The Morgan fingerprint density at radius 3 is 2.58 bits per heavy atom. The predicted molar refractivity (Wildman–Crippen MR) is 70.8 cm³/mol. The number of hydrogen-bond acceptors (Lipinski definition) is 3. The van der Waals surface area contributed by atoms with Gasteiger partial charge in [0.15, 0.2) is 0 Å². The number of carbonyl (C=O) groups excluding carboxylic acids is 2. The lowest BCUT2D eigenvalue weighted by molar-refractivity contribution is -0.130. The van der Waals surface area contributed by atoms with E-state index in [4.69, 9.17) is 4.74 Å². The molecule has 0 bridgehead atoms. The molecule has 0 saturated carbocycles. The first-order chi connectivity index (χ1) is 9.25. The van der Waals surface area contributed by atoms with Gasteiger partial charge in [0.1, 0.15) is 0 Å². The highest BCUT2D eigenvalue weighted by Gasteiger charge is 2.18. The van der Waals surface area contributed by atoms with Gasteiger partial charge in [-0.15, -0.1) is 0 Å². The maximum absolute atomic E-state index is 11.8. The third kappa shape index (κ3) is 4.70. The van der Waals surface area contributed by atoms with Crippen LogP contribution in [0.25, 0.3) is 0 Å². The first kappa shape index (κ1) is 14.1. The van der Waals surface area contributed by atoms with Crippen LogP contribution in [0, 0.1) is 0 Å². The van der Waals surface area contributed by atoms with Crippen LogP contribution < -0.4 is 10.6 Å². The van der Waals surface area contributed by atoms with Crippen LogP contribution in [0.1, 0.15) is 32.1 Å². The number of likely N-dealkylation sites (tertiary alicyclic amines) is 1. The van der Waals surface area contributed by atoms with E-state index < -0.39 is 0 Å². The molecular formula is C13H23N3O3. The SMILES string of the molecule is O=C(NCC(=O)N1CCCCC1)NCC1CCCO1. The molecule has 0 aromatic carbocycles. The lowest BCUT2D eigenvalue weighted by atomic mass is 10.1. The third-order valence-corrected chi connectivity index (χ3v) is 3.62. The Balaban J connectivity index is 1.58. The molecule has 0 aliphatic carbocycles. The van der Waals surface area contributed by atoms with Gasteiger partial charge in [-0.2, -0.15) is 0 Å². The maximum atomic E-state index is 11.8. The molecule has 1 atom stereocenters. The van der Waals surface area contributed by atoms with Crippen molar-refractivity contribution in [1.29, 1.82) is 0 Å². The highest BCUT2D eigenvalue weighted by Crippen LogP contribution is 2.10. The normalized spacial score (nSPS) is 23.2. The van der Waals surface area contributed by atoms with Gasteiger partial charge in [-0.1, -0.05) is 0 Å². The van der Waals surface area contributed by atoms with Gasteiger partial charge in [0.2, 0.25) is 5.91 Å². The van der Waals surface area contributed by atoms with Gasteiger partial charge in [-0.05, 0) is 32.1 Å². The molecule has 0 radical (unpaired) electrons. The van der Waals surface area contributed by atoms with Crippen molar-refractivity contribution in [2.45, 2.75) is 38.2 Å². The van der Waals surface area contributed by atoms with Crippen molar-refractivity contribution < 1.29 is 14.3 Å². The fourth-order valence-electron chi connectivity index (χ4n) is 2.49. The van der Waals surface area contributed by atoms with E-state index >= 15 is 0 Å². The Labute approximate surface area is 113 Å². The molecule has 6 nitrogen and oxygen atoms in total. The topological polar surface area (TPSA) is 70.7 Å². The number of rotatable bonds is 4. The molecule has 2 saturated heterocycles. The molecule has 6 heteroatoms. The molecule has 2 fully saturated rings. The molecule has 2 N–H and O–H groups in total. The highest BCUT2D eigenvalue weighted by molar-refractivity contribution is 5.84.